The van der Waals surface area contributed by atoms with Crippen LogP contribution in [-0.4, -0.2) is 18.2 Å². The molecule has 0 fully saturated rings. The number of rotatable bonds is 4. The minimum Gasteiger partial charge on any atom is -0.495 e. The van der Waals surface area contributed by atoms with Gasteiger partial charge in [0.15, 0.2) is 0 Å². The number of halogens is 1. The van der Waals surface area contributed by atoms with E-state index in [-0.39, 0.29) is 5.56 Å². The second-order valence-corrected chi connectivity index (χ2v) is 4.96. The lowest BCUT2D eigenvalue weighted by atomic mass is 10.1. The molecule has 0 aromatic heterocycles. The van der Waals surface area contributed by atoms with Crippen LogP contribution >= 0.6 is 15.9 Å². The van der Waals surface area contributed by atoms with Crippen molar-refractivity contribution in [3.05, 3.63) is 46.4 Å². The molecule has 2 aromatic rings. The maximum atomic E-state index is 11.2. The molecule has 0 bridgehead atoms. The van der Waals surface area contributed by atoms with Gasteiger partial charge in [-0.3, -0.25) is 0 Å². The molecular formula is C14H13BrN2O3. The molecule has 4 N–H and O–H groups in total. The lowest BCUT2D eigenvalue weighted by molar-refractivity contribution is 0.0698. The largest absolute Gasteiger partial charge is 0.495 e. The third kappa shape index (κ3) is 2.85. The fraction of sp³-hybridized carbons (Fsp3) is 0.0714. The molecule has 0 unspecified atom stereocenters. The average molecular weight is 337 g/mol. The molecule has 0 saturated heterocycles. The predicted octanol–water partition coefficient (Wildman–Crippen LogP) is 3.48. The van der Waals surface area contributed by atoms with E-state index in [4.69, 9.17) is 10.5 Å². The number of nitrogens with two attached hydrogens (primary N) is 1. The first-order chi connectivity index (χ1) is 9.52. The second kappa shape index (κ2) is 5.83. The van der Waals surface area contributed by atoms with Crippen LogP contribution in [0.25, 0.3) is 0 Å². The minimum absolute atomic E-state index is 0.104. The lowest BCUT2D eigenvalue weighted by Gasteiger charge is -2.15. The van der Waals surface area contributed by atoms with Gasteiger partial charge in [0.1, 0.15) is 5.75 Å². The van der Waals surface area contributed by atoms with Crippen LogP contribution in [-0.2, 0) is 0 Å². The summed E-state index contributed by atoms with van der Waals surface area (Å²) in [6, 6.07) is 10.1. The molecule has 2 aromatic carbocycles. The Labute approximate surface area is 124 Å². The standard InChI is InChI=1S/C14H13BrN2O3/c1-20-12-6-5-8(15)7-11(12)17-13-9(14(18)19)3-2-4-10(13)16/h2-7,17H,16H2,1H3,(H,18,19). The number of anilines is 3. The van der Waals surface area contributed by atoms with Crippen molar-refractivity contribution in [2.75, 3.05) is 18.2 Å². The summed E-state index contributed by atoms with van der Waals surface area (Å²) in [5.74, 6) is -0.457. The summed E-state index contributed by atoms with van der Waals surface area (Å²) in [5.41, 5.74) is 7.29. The first-order valence-electron chi connectivity index (χ1n) is 5.75. The smallest absolute Gasteiger partial charge is 0.337 e. The van der Waals surface area contributed by atoms with E-state index in [1.807, 2.05) is 6.07 Å². The molecule has 0 saturated carbocycles. The molecule has 0 heterocycles. The third-order valence-electron chi connectivity index (χ3n) is 2.75. The Morgan fingerprint density at radius 3 is 2.75 bits per heavy atom. The molecule has 0 radical (unpaired) electrons. The topological polar surface area (TPSA) is 84.6 Å². The monoisotopic (exact) mass is 336 g/mol. The van der Waals surface area contributed by atoms with E-state index in [0.29, 0.717) is 22.8 Å². The predicted molar refractivity (Wildman–Crippen MR) is 81.8 cm³/mol. The SMILES string of the molecule is COc1ccc(Br)cc1Nc1c(N)cccc1C(=O)O. The lowest BCUT2D eigenvalue weighted by Crippen LogP contribution is -2.06. The van der Waals surface area contributed by atoms with Crippen molar-refractivity contribution in [1.29, 1.82) is 0 Å². The van der Waals surface area contributed by atoms with Gasteiger partial charge in [0.25, 0.3) is 0 Å². The van der Waals surface area contributed by atoms with Crippen LogP contribution in [0, 0.1) is 0 Å². The first kappa shape index (κ1) is 14.2. The van der Waals surface area contributed by atoms with Crippen LogP contribution in [0.2, 0.25) is 0 Å². The number of carboxylic acid groups (broad SMARTS) is 1. The number of hydrogen-bond acceptors (Lipinski definition) is 4. The Bertz CT molecular complexity index is 659. The second-order valence-electron chi connectivity index (χ2n) is 4.04. The molecule has 104 valence electrons. The maximum absolute atomic E-state index is 11.2. The number of carbonyl (C=O) groups is 1. The van der Waals surface area contributed by atoms with E-state index in [2.05, 4.69) is 21.2 Å². The fourth-order valence-electron chi connectivity index (χ4n) is 1.80. The minimum atomic E-state index is -1.05. The van der Waals surface area contributed by atoms with Crippen LogP contribution in [0.3, 0.4) is 0 Å². The van der Waals surface area contributed by atoms with Gasteiger partial charge in [0.2, 0.25) is 0 Å². The third-order valence-corrected chi connectivity index (χ3v) is 3.24. The Kier molecular flexibility index (Phi) is 4.14. The van der Waals surface area contributed by atoms with Gasteiger partial charge >= 0.3 is 5.97 Å². The van der Waals surface area contributed by atoms with Gasteiger partial charge in [-0.15, -0.1) is 0 Å². The zero-order chi connectivity index (χ0) is 14.7. The Hall–Kier alpha value is -2.21. The summed E-state index contributed by atoms with van der Waals surface area (Å²) in [7, 11) is 1.54. The van der Waals surface area contributed by atoms with Crippen molar-refractivity contribution in [2.24, 2.45) is 0 Å². The first-order valence-corrected chi connectivity index (χ1v) is 6.54. The highest BCUT2D eigenvalue weighted by Gasteiger charge is 2.14. The molecule has 0 amide bonds. The van der Waals surface area contributed by atoms with Crippen LogP contribution in [0.4, 0.5) is 17.1 Å². The molecule has 0 spiro atoms. The Balaban J connectivity index is 2.50. The fourth-order valence-corrected chi connectivity index (χ4v) is 2.16. The number of hydrogen-bond donors (Lipinski definition) is 3. The molecule has 0 atom stereocenters. The van der Waals surface area contributed by atoms with Crippen molar-refractivity contribution in [2.45, 2.75) is 0 Å². The summed E-state index contributed by atoms with van der Waals surface area (Å²) in [4.78, 5) is 11.2. The zero-order valence-electron chi connectivity index (χ0n) is 10.7. The Morgan fingerprint density at radius 1 is 1.35 bits per heavy atom. The van der Waals surface area contributed by atoms with Crippen LogP contribution in [0.15, 0.2) is 40.9 Å². The highest BCUT2D eigenvalue weighted by molar-refractivity contribution is 9.10. The summed E-state index contributed by atoms with van der Waals surface area (Å²) in [6.07, 6.45) is 0. The van der Waals surface area contributed by atoms with Crippen LogP contribution in [0.5, 0.6) is 5.75 Å². The summed E-state index contributed by atoms with van der Waals surface area (Å²) < 4.78 is 6.08. The van der Waals surface area contributed by atoms with E-state index in [9.17, 15) is 9.90 Å². The number of para-hydroxylation sites is 1. The van der Waals surface area contributed by atoms with Gasteiger partial charge in [-0.05, 0) is 30.3 Å². The van der Waals surface area contributed by atoms with Gasteiger partial charge in [-0.1, -0.05) is 22.0 Å². The number of aromatic carboxylic acids is 1. The van der Waals surface area contributed by atoms with E-state index < -0.39 is 5.97 Å². The van der Waals surface area contributed by atoms with Gasteiger partial charge in [-0.2, -0.15) is 0 Å². The number of nitrogens with one attached hydrogen (secondary N) is 1. The summed E-state index contributed by atoms with van der Waals surface area (Å²) >= 11 is 3.36. The van der Waals surface area contributed by atoms with Gasteiger partial charge in [0.05, 0.1) is 29.7 Å². The zero-order valence-corrected chi connectivity index (χ0v) is 12.3. The molecule has 0 aliphatic rings. The molecule has 2 rings (SSSR count). The molecule has 5 nitrogen and oxygen atoms in total. The van der Waals surface area contributed by atoms with E-state index in [1.165, 1.54) is 6.07 Å². The molecule has 6 heteroatoms. The highest BCUT2D eigenvalue weighted by atomic mass is 79.9. The number of carboxylic acids is 1. The molecule has 0 aliphatic heterocycles. The van der Waals surface area contributed by atoms with Gasteiger partial charge in [-0.25, -0.2) is 4.79 Å². The van der Waals surface area contributed by atoms with Gasteiger partial charge in [0, 0.05) is 4.47 Å². The van der Waals surface area contributed by atoms with Crippen molar-refractivity contribution < 1.29 is 14.6 Å². The molecular weight excluding hydrogens is 324 g/mol. The van der Waals surface area contributed by atoms with Crippen molar-refractivity contribution in [1.82, 2.24) is 0 Å². The highest BCUT2D eigenvalue weighted by Crippen LogP contribution is 2.34. The molecule has 20 heavy (non-hydrogen) atoms. The molecule has 0 aliphatic carbocycles. The van der Waals surface area contributed by atoms with Crippen molar-refractivity contribution in [3.8, 4) is 5.75 Å². The van der Waals surface area contributed by atoms with Gasteiger partial charge < -0.3 is 20.9 Å². The normalized spacial score (nSPS) is 10.1. The average Bonchev–Trinajstić information content (AvgIpc) is 2.41. The van der Waals surface area contributed by atoms with Crippen LogP contribution in [0.1, 0.15) is 10.4 Å². The van der Waals surface area contributed by atoms with Crippen LogP contribution < -0.4 is 15.8 Å². The van der Waals surface area contributed by atoms with Crippen molar-refractivity contribution in [3.63, 3.8) is 0 Å². The number of benzene rings is 2. The van der Waals surface area contributed by atoms with Crippen molar-refractivity contribution >= 4 is 39.0 Å². The number of methoxy groups -OCH3 is 1. The quantitative estimate of drug-likeness (QED) is 0.744. The van der Waals surface area contributed by atoms with E-state index in [1.54, 1.807) is 31.4 Å². The van der Waals surface area contributed by atoms with E-state index in [0.717, 1.165) is 4.47 Å². The summed E-state index contributed by atoms with van der Waals surface area (Å²) in [5, 5.41) is 12.2. The number of nitrogen functional groups attached to an aromatic ring is 1. The number of ether oxygens (including phenoxy) is 1. The maximum Gasteiger partial charge on any atom is 0.337 e. The van der Waals surface area contributed by atoms with E-state index >= 15 is 0 Å². The summed E-state index contributed by atoms with van der Waals surface area (Å²) in [6.45, 7) is 0. The Morgan fingerprint density at radius 2 is 2.10 bits per heavy atom.